The second kappa shape index (κ2) is 5.98. The Kier molecular flexibility index (Phi) is 4.33. The van der Waals surface area contributed by atoms with Gasteiger partial charge >= 0.3 is 0 Å². The van der Waals surface area contributed by atoms with Gasteiger partial charge in [-0.05, 0) is 48.9 Å². The molecule has 2 aromatic rings. The molecule has 2 N–H and O–H groups in total. The third kappa shape index (κ3) is 3.09. The van der Waals surface area contributed by atoms with Crippen LogP contribution in [0.4, 0.5) is 8.78 Å². The lowest BCUT2D eigenvalue weighted by molar-refractivity contribution is 0.602. The second-order valence-electron chi connectivity index (χ2n) is 3.82. The van der Waals surface area contributed by atoms with Crippen LogP contribution in [0.15, 0.2) is 52.3 Å². The SMILES string of the molecule is NCCc1cc(F)ccc1Sc1ccccc1F. The fourth-order valence-corrected chi connectivity index (χ4v) is 2.62. The van der Waals surface area contributed by atoms with Crippen LogP contribution in [0.25, 0.3) is 0 Å². The number of hydrogen-bond acceptors (Lipinski definition) is 2. The first-order valence-electron chi connectivity index (χ1n) is 5.61. The minimum atomic E-state index is -0.295. The van der Waals surface area contributed by atoms with Gasteiger partial charge < -0.3 is 5.73 Å². The van der Waals surface area contributed by atoms with Crippen molar-refractivity contribution in [2.24, 2.45) is 5.73 Å². The van der Waals surface area contributed by atoms with Gasteiger partial charge in [-0.3, -0.25) is 0 Å². The predicted octanol–water partition coefficient (Wildman–Crippen LogP) is 3.62. The summed E-state index contributed by atoms with van der Waals surface area (Å²) in [5.41, 5.74) is 6.31. The molecule has 0 aromatic heterocycles. The highest BCUT2D eigenvalue weighted by Gasteiger charge is 2.08. The Balaban J connectivity index is 2.31. The summed E-state index contributed by atoms with van der Waals surface area (Å²) in [4.78, 5) is 1.37. The quantitative estimate of drug-likeness (QED) is 0.913. The number of halogens is 2. The van der Waals surface area contributed by atoms with E-state index in [0.29, 0.717) is 17.9 Å². The van der Waals surface area contributed by atoms with Crippen molar-refractivity contribution < 1.29 is 8.78 Å². The van der Waals surface area contributed by atoms with Crippen molar-refractivity contribution in [1.82, 2.24) is 0 Å². The number of rotatable bonds is 4. The Bertz CT molecular complexity index is 543. The van der Waals surface area contributed by atoms with Crippen LogP contribution in [-0.4, -0.2) is 6.54 Å². The zero-order valence-electron chi connectivity index (χ0n) is 9.70. The first kappa shape index (κ1) is 13.1. The monoisotopic (exact) mass is 265 g/mol. The van der Waals surface area contributed by atoms with Crippen LogP contribution in [0.1, 0.15) is 5.56 Å². The molecular weight excluding hydrogens is 252 g/mol. The largest absolute Gasteiger partial charge is 0.330 e. The van der Waals surface area contributed by atoms with Gasteiger partial charge in [-0.2, -0.15) is 0 Å². The van der Waals surface area contributed by atoms with Gasteiger partial charge in [-0.25, -0.2) is 8.78 Å². The van der Waals surface area contributed by atoms with Crippen molar-refractivity contribution >= 4 is 11.8 Å². The standard InChI is InChI=1S/C14H13F2NS/c15-11-5-6-13(10(9-11)7-8-17)18-14-4-2-1-3-12(14)16/h1-6,9H,7-8,17H2. The van der Waals surface area contributed by atoms with E-state index < -0.39 is 0 Å². The summed E-state index contributed by atoms with van der Waals surface area (Å²) in [6, 6.07) is 11.0. The Morgan fingerprint density at radius 1 is 1.00 bits per heavy atom. The molecule has 0 spiro atoms. The van der Waals surface area contributed by atoms with E-state index in [1.54, 1.807) is 24.3 Å². The Hall–Kier alpha value is -1.39. The van der Waals surface area contributed by atoms with Crippen molar-refractivity contribution in [2.75, 3.05) is 6.54 Å². The van der Waals surface area contributed by atoms with Crippen molar-refractivity contribution in [3.63, 3.8) is 0 Å². The van der Waals surface area contributed by atoms with Gasteiger partial charge in [-0.15, -0.1) is 0 Å². The zero-order valence-corrected chi connectivity index (χ0v) is 10.5. The molecule has 0 saturated heterocycles. The van der Waals surface area contributed by atoms with Gasteiger partial charge in [0.05, 0.1) is 0 Å². The molecular formula is C14H13F2NS. The number of hydrogen-bond donors (Lipinski definition) is 1. The summed E-state index contributed by atoms with van der Waals surface area (Å²) in [6.45, 7) is 0.439. The van der Waals surface area contributed by atoms with Crippen LogP contribution < -0.4 is 5.73 Å². The van der Waals surface area contributed by atoms with Crippen molar-refractivity contribution in [1.29, 1.82) is 0 Å². The summed E-state index contributed by atoms with van der Waals surface area (Å²) in [5.74, 6) is -0.568. The van der Waals surface area contributed by atoms with E-state index in [4.69, 9.17) is 5.73 Å². The maximum Gasteiger partial charge on any atom is 0.137 e. The molecule has 0 aliphatic rings. The Morgan fingerprint density at radius 3 is 2.50 bits per heavy atom. The fourth-order valence-electron chi connectivity index (χ4n) is 1.64. The lowest BCUT2D eigenvalue weighted by Gasteiger charge is -2.09. The van der Waals surface area contributed by atoms with Crippen LogP contribution in [-0.2, 0) is 6.42 Å². The molecule has 94 valence electrons. The smallest absolute Gasteiger partial charge is 0.137 e. The molecule has 1 nitrogen and oxygen atoms in total. The topological polar surface area (TPSA) is 26.0 Å². The van der Waals surface area contributed by atoms with Gasteiger partial charge in [0.25, 0.3) is 0 Å². The molecule has 0 amide bonds. The highest BCUT2D eigenvalue weighted by atomic mass is 32.2. The van der Waals surface area contributed by atoms with E-state index in [1.807, 2.05) is 0 Å². The average molecular weight is 265 g/mol. The van der Waals surface area contributed by atoms with E-state index in [1.165, 1.54) is 30.0 Å². The van der Waals surface area contributed by atoms with Crippen molar-refractivity contribution in [3.05, 3.63) is 59.7 Å². The third-order valence-electron chi connectivity index (χ3n) is 2.49. The Labute approximate surface area is 109 Å². The highest BCUT2D eigenvalue weighted by molar-refractivity contribution is 7.99. The average Bonchev–Trinajstić information content (AvgIpc) is 2.35. The fraction of sp³-hybridized carbons (Fsp3) is 0.143. The van der Waals surface area contributed by atoms with Gasteiger partial charge in [0, 0.05) is 9.79 Å². The van der Waals surface area contributed by atoms with Crippen LogP contribution in [0.5, 0.6) is 0 Å². The minimum absolute atomic E-state index is 0.273. The molecule has 0 aliphatic heterocycles. The number of benzene rings is 2. The summed E-state index contributed by atoms with van der Waals surface area (Å²) in [6.07, 6.45) is 0.578. The summed E-state index contributed by atoms with van der Waals surface area (Å²) < 4.78 is 26.7. The normalized spacial score (nSPS) is 10.6. The van der Waals surface area contributed by atoms with Gasteiger partial charge in [0.15, 0.2) is 0 Å². The number of nitrogens with two attached hydrogens (primary N) is 1. The van der Waals surface area contributed by atoms with Crippen LogP contribution in [0.2, 0.25) is 0 Å². The second-order valence-corrected chi connectivity index (χ2v) is 4.91. The molecule has 18 heavy (non-hydrogen) atoms. The lowest BCUT2D eigenvalue weighted by atomic mass is 10.1. The molecule has 4 heteroatoms. The van der Waals surface area contributed by atoms with Crippen molar-refractivity contribution in [3.8, 4) is 0 Å². The molecule has 2 aromatic carbocycles. The first-order valence-corrected chi connectivity index (χ1v) is 6.43. The highest BCUT2D eigenvalue weighted by Crippen LogP contribution is 2.32. The molecule has 2 rings (SSSR count). The molecule has 0 saturated carbocycles. The van der Waals surface area contributed by atoms with E-state index >= 15 is 0 Å². The molecule has 0 bridgehead atoms. The summed E-state index contributed by atoms with van der Waals surface area (Å²) in [5, 5.41) is 0. The van der Waals surface area contributed by atoms with E-state index in [9.17, 15) is 8.78 Å². The van der Waals surface area contributed by atoms with E-state index in [0.717, 1.165) is 10.5 Å². The summed E-state index contributed by atoms with van der Waals surface area (Å²) in [7, 11) is 0. The van der Waals surface area contributed by atoms with Gasteiger partial charge in [0.1, 0.15) is 11.6 Å². The van der Waals surface area contributed by atoms with Gasteiger partial charge in [0.2, 0.25) is 0 Å². The Morgan fingerprint density at radius 2 is 1.78 bits per heavy atom. The first-order chi connectivity index (χ1) is 8.70. The van der Waals surface area contributed by atoms with E-state index in [-0.39, 0.29) is 11.6 Å². The zero-order chi connectivity index (χ0) is 13.0. The van der Waals surface area contributed by atoms with Crippen molar-refractivity contribution in [2.45, 2.75) is 16.2 Å². The molecule has 0 aliphatic carbocycles. The lowest BCUT2D eigenvalue weighted by Crippen LogP contribution is -2.04. The maximum absolute atomic E-state index is 13.6. The minimum Gasteiger partial charge on any atom is -0.330 e. The van der Waals surface area contributed by atoms with E-state index in [2.05, 4.69) is 0 Å². The maximum atomic E-state index is 13.6. The van der Waals surface area contributed by atoms with Crippen LogP contribution >= 0.6 is 11.8 Å². The molecule has 0 radical (unpaired) electrons. The predicted molar refractivity (Wildman–Crippen MR) is 69.7 cm³/mol. The van der Waals surface area contributed by atoms with Crippen LogP contribution in [0, 0.1) is 11.6 Å². The molecule has 0 heterocycles. The van der Waals surface area contributed by atoms with Crippen LogP contribution in [0.3, 0.4) is 0 Å². The molecule has 0 fully saturated rings. The third-order valence-corrected chi connectivity index (χ3v) is 3.66. The van der Waals surface area contributed by atoms with Gasteiger partial charge in [-0.1, -0.05) is 23.9 Å². The summed E-state index contributed by atoms with van der Waals surface area (Å²) >= 11 is 1.29. The molecule has 0 unspecified atom stereocenters. The molecule has 0 atom stereocenters.